The van der Waals surface area contributed by atoms with E-state index in [1.54, 1.807) is 0 Å². The number of hydrogen-bond acceptors (Lipinski definition) is 4. The quantitative estimate of drug-likeness (QED) is 0.853. The molecule has 4 rings (SSSR count). The lowest BCUT2D eigenvalue weighted by atomic mass is 9.79. The van der Waals surface area contributed by atoms with Crippen LogP contribution >= 0.6 is 0 Å². The Morgan fingerprint density at radius 1 is 1.32 bits per heavy atom. The number of nitrogens with zero attached hydrogens (tertiary/aromatic N) is 1. The minimum absolute atomic E-state index is 0.159. The number of primary amides is 1. The second-order valence-corrected chi connectivity index (χ2v) is 7.73. The Morgan fingerprint density at radius 3 is 2.96 bits per heavy atom. The third kappa shape index (κ3) is 3.53. The minimum atomic E-state index is -0.428. The second-order valence-electron chi connectivity index (χ2n) is 7.73. The Hall–Kier alpha value is -1.59. The third-order valence-corrected chi connectivity index (χ3v) is 6.06. The largest absolute Gasteiger partial charge is 0.384 e. The molecule has 2 fully saturated rings. The molecule has 1 aromatic carbocycles. The number of anilines is 1. The molecule has 0 aromatic heterocycles. The zero-order valence-electron chi connectivity index (χ0n) is 14.8. The molecule has 3 aliphatic rings. The van der Waals surface area contributed by atoms with Gasteiger partial charge in [-0.05, 0) is 61.3 Å². The predicted molar refractivity (Wildman–Crippen MR) is 98.3 cm³/mol. The summed E-state index contributed by atoms with van der Waals surface area (Å²) < 4.78 is 5.39. The Kier molecular flexibility index (Phi) is 4.69. The summed E-state index contributed by atoms with van der Waals surface area (Å²) >= 11 is 0. The summed E-state index contributed by atoms with van der Waals surface area (Å²) in [5, 5.41) is 3.54. The van der Waals surface area contributed by atoms with Crippen LogP contribution in [0, 0.1) is 17.8 Å². The average Bonchev–Trinajstić information content (AvgIpc) is 2.93. The van der Waals surface area contributed by atoms with Crippen molar-refractivity contribution in [2.45, 2.75) is 25.7 Å². The Labute approximate surface area is 149 Å². The van der Waals surface area contributed by atoms with Crippen molar-refractivity contribution < 1.29 is 9.53 Å². The number of amides is 1. The van der Waals surface area contributed by atoms with Crippen LogP contribution in [0.1, 0.15) is 24.0 Å². The molecule has 5 heteroatoms. The van der Waals surface area contributed by atoms with Gasteiger partial charge >= 0.3 is 0 Å². The first-order chi connectivity index (χ1) is 12.1. The average molecular weight is 342 g/mol. The van der Waals surface area contributed by atoms with Crippen molar-refractivity contribution in [3.05, 3.63) is 35.7 Å². The van der Waals surface area contributed by atoms with E-state index in [0.29, 0.717) is 5.92 Å². The molecule has 2 atom stereocenters. The van der Waals surface area contributed by atoms with Crippen molar-refractivity contribution >= 4 is 11.6 Å². The Morgan fingerprint density at radius 2 is 2.16 bits per heavy atom. The number of fused-ring (bicyclic) bond motifs is 3. The third-order valence-electron chi connectivity index (χ3n) is 6.06. The van der Waals surface area contributed by atoms with Gasteiger partial charge in [-0.1, -0.05) is 6.07 Å². The first-order valence-corrected chi connectivity index (χ1v) is 9.46. The number of carbonyl (C=O) groups excluding carboxylic acids is 1. The van der Waals surface area contributed by atoms with Gasteiger partial charge in [0.05, 0.1) is 18.6 Å². The second kappa shape index (κ2) is 6.96. The Bertz CT molecular complexity index is 642. The van der Waals surface area contributed by atoms with Crippen molar-refractivity contribution in [1.29, 1.82) is 0 Å². The van der Waals surface area contributed by atoms with Gasteiger partial charge in [-0.2, -0.15) is 0 Å². The lowest BCUT2D eigenvalue weighted by molar-refractivity contribution is -0.125. The van der Waals surface area contributed by atoms with E-state index in [4.69, 9.17) is 10.5 Å². The predicted octanol–water partition coefficient (Wildman–Crippen LogP) is 1.62. The van der Waals surface area contributed by atoms with E-state index in [0.717, 1.165) is 70.8 Å². The van der Waals surface area contributed by atoms with E-state index >= 15 is 0 Å². The van der Waals surface area contributed by atoms with Crippen LogP contribution in [-0.4, -0.2) is 50.2 Å². The van der Waals surface area contributed by atoms with Gasteiger partial charge in [0, 0.05) is 31.9 Å². The fourth-order valence-corrected chi connectivity index (χ4v) is 4.57. The summed E-state index contributed by atoms with van der Waals surface area (Å²) in [6.45, 7) is 5.67. The van der Waals surface area contributed by atoms with Crippen molar-refractivity contribution in [1.82, 2.24) is 4.90 Å². The number of benzene rings is 1. The summed E-state index contributed by atoms with van der Waals surface area (Å²) in [6, 6.07) is 6.64. The lowest BCUT2D eigenvalue weighted by Gasteiger charge is -2.27. The summed E-state index contributed by atoms with van der Waals surface area (Å²) in [7, 11) is 0. The number of carbonyl (C=O) groups is 1. The highest BCUT2D eigenvalue weighted by atomic mass is 16.5. The van der Waals surface area contributed by atoms with E-state index in [-0.39, 0.29) is 5.91 Å². The van der Waals surface area contributed by atoms with Crippen LogP contribution in [0.3, 0.4) is 0 Å². The SMILES string of the molecule is NC(=O)C12[CH]C(CC1)Cc1ccc(NCCN3CCOCC3)cc1C2. The topological polar surface area (TPSA) is 67.6 Å². The first kappa shape index (κ1) is 16.9. The number of nitrogens with two attached hydrogens (primary N) is 1. The Balaban J connectivity index is 1.43. The van der Waals surface area contributed by atoms with Crippen LogP contribution in [-0.2, 0) is 22.4 Å². The van der Waals surface area contributed by atoms with Gasteiger partial charge in [0.2, 0.25) is 5.91 Å². The van der Waals surface area contributed by atoms with Gasteiger partial charge in [-0.25, -0.2) is 0 Å². The molecule has 2 bridgehead atoms. The molecule has 1 radical (unpaired) electrons. The number of rotatable bonds is 5. The summed E-state index contributed by atoms with van der Waals surface area (Å²) in [4.78, 5) is 14.5. The molecule has 25 heavy (non-hydrogen) atoms. The maximum absolute atomic E-state index is 12.1. The van der Waals surface area contributed by atoms with Crippen molar-refractivity contribution in [2.24, 2.45) is 17.1 Å². The molecule has 1 aromatic rings. The van der Waals surface area contributed by atoms with Gasteiger partial charge in [0.25, 0.3) is 0 Å². The molecule has 2 unspecified atom stereocenters. The first-order valence-electron chi connectivity index (χ1n) is 9.46. The summed E-state index contributed by atoms with van der Waals surface area (Å²) in [5.41, 5.74) is 9.14. The fraction of sp³-hybridized carbons (Fsp3) is 0.600. The summed E-state index contributed by atoms with van der Waals surface area (Å²) in [6.07, 6.45) is 6.02. The van der Waals surface area contributed by atoms with E-state index < -0.39 is 5.41 Å². The summed E-state index contributed by atoms with van der Waals surface area (Å²) in [5.74, 6) is 0.336. The van der Waals surface area contributed by atoms with Crippen molar-refractivity contribution in [2.75, 3.05) is 44.7 Å². The van der Waals surface area contributed by atoms with Gasteiger partial charge in [-0.15, -0.1) is 0 Å². The van der Waals surface area contributed by atoms with Crippen molar-refractivity contribution in [3.8, 4) is 0 Å². The number of nitrogens with one attached hydrogen (secondary N) is 1. The van der Waals surface area contributed by atoms with Gasteiger partial charge in [-0.3, -0.25) is 9.69 Å². The van der Waals surface area contributed by atoms with Gasteiger partial charge < -0.3 is 15.8 Å². The highest BCUT2D eigenvalue weighted by Crippen LogP contribution is 2.47. The fourth-order valence-electron chi connectivity index (χ4n) is 4.57. The maximum atomic E-state index is 12.1. The zero-order chi connectivity index (χ0) is 17.3. The molecule has 5 nitrogen and oxygen atoms in total. The van der Waals surface area contributed by atoms with Gasteiger partial charge in [0.1, 0.15) is 0 Å². The molecule has 1 saturated heterocycles. The smallest absolute Gasteiger partial charge is 0.224 e. The molecule has 1 aliphatic heterocycles. The van der Waals surface area contributed by atoms with Crippen LogP contribution in [0.5, 0.6) is 0 Å². The number of morpholine rings is 1. The molecule has 1 heterocycles. The van der Waals surface area contributed by atoms with Crippen LogP contribution in [0.4, 0.5) is 5.69 Å². The van der Waals surface area contributed by atoms with Crippen LogP contribution in [0.2, 0.25) is 0 Å². The number of ether oxygens (including phenoxy) is 1. The highest BCUT2D eigenvalue weighted by molar-refractivity contribution is 5.83. The highest BCUT2D eigenvalue weighted by Gasteiger charge is 2.46. The number of hydrogen-bond donors (Lipinski definition) is 2. The molecule has 1 amide bonds. The van der Waals surface area contributed by atoms with E-state index in [2.05, 4.69) is 34.8 Å². The molecule has 2 aliphatic carbocycles. The van der Waals surface area contributed by atoms with Crippen molar-refractivity contribution in [3.63, 3.8) is 0 Å². The standard InChI is InChI=1S/C20H28N3O2/c21-19(24)20-4-3-15(13-20)11-16-1-2-18(12-17(16)14-20)22-5-6-23-7-9-25-10-8-23/h1-2,12-13,15,22H,3-11,14H2,(H2,21,24). The molecular weight excluding hydrogens is 314 g/mol. The van der Waals surface area contributed by atoms with E-state index in [9.17, 15) is 4.79 Å². The lowest BCUT2D eigenvalue weighted by Crippen LogP contribution is -2.39. The molecule has 0 spiro atoms. The van der Waals surface area contributed by atoms with Crippen LogP contribution in [0.15, 0.2) is 18.2 Å². The minimum Gasteiger partial charge on any atom is -0.384 e. The zero-order valence-corrected chi connectivity index (χ0v) is 14.8. The monoisotopic (exact) mass is 342 g/mol. The van der Waals surface area contributed by atoms with E-state index in [1.165, 1.54) is 11.1 Å². The van der Waals surface area contributed by atoms with Crippen LogP contribution in [0.25, 0.3) is 0 Å². The molecule has 1 saturated carbocycles. The van der Waals surface area contributed by atoms with E-state index in [1.807, 2.05) is 0 Å². The molecular formula is C20H28N3O2. The van der Waals surface area contributed by atoms with Gasteiger partial charge in [0.15, 0.2) is 0 Å². The van der Waals surface area contributed by atoms with Crippen LogP contribution < -0.4 is 11.1 Å². The molecule has 135 valence electrons. The molecule has 3 N–H and O–H groups in total. The normalized spacial score (nSPS) is 29.0. The maximum Gasteiger partial charge on any atom is 0.224 e.